The van der Waals surface area contributed by atoms with Crippen molar-refractivity contribution in [3.8, 4) is 5.75 Å². The van der Waals surface area contributed by atoms with Gasteiger partial charge in [-0.15, -0.1) is 0 Å². The summed E-state index contributed by atoms with van der Waals surface area (Å²) in [6, 6.07) is 11.7. The van der Waals surface area contributed by atoms with E-state index < -0.39 is 6.61 Å². The van der Waals surface area contributed by atoms with E-state index in [1.165, 1.54) is 24.3 Å². The summed E-state index contributed by atoms with van der Waals surface area (Å²) in [5, 5.41) is 0. The summed E-state index contributed by atoms with van der Waals surface area (Å²) in [7, 11) is 0. The predicted molar refractivity (Wildman–Crippen MR) is 77.0 cm³/mol. The second kappa shape index (κ2) is 6.48. The fourth-order valence-electron chi connectivity index (χ4n) is 2.28. The zero-order chi connectivity index (χ0) is 15.4. The molecule has 21 heavy (non-hydrogen) atoms. The van der Waals surface area contributed by atoms with Crippen LogP contribution in [-0.4, -0.2) is 12.4 Å². The van der Waals surface area contributed by atoms with Gasteiger partial charge in [-0.2, -0.15) is 8.78 Å². The molecule has 0 atom stereocenters. The Morgan fingerprint density at radius 2 is 1.62 bits per heavy atom. The number of ether oxygens (including phenoxy) is 1. The van der Waals surface area contributed by atoms with Crippen LogP contribution in [0.1, 0.15) is 27.0 Å². The summed E-state index contributed by atoms with van der Waals surface area (Å²) in [6.45, 7) is 1.11. The van der Waals surface area contributed by atoms with E-state index in [9.17, 15) is 13.6 Å². The zero-order valence-corrected chi connectivity index (χ0v) is 11.9. The molecular formula is C17H16F2O2. The average molecular weight is 290 g/mol. The highest BCUT2D eigenvalue weighted by Crippen LogP contribution is 2.17. The summed E-state index contributed by atoms with van der Waals surface area (Å²) in [4.78, 5) is 12.2. The Hall–Kier alpha value is -2.23. The third-order valence-corrected chi connectivity index (χ3v) is 3.05. The second-order valence-corrected chi connectivity index (χ2v) is 5.00. The molecule has 2 aromatic rings. The molecule has 2 aromatic carbocycles. The van der Waals surface area contributed by atoms with E-state index in [1.54, 1.807) is 0 Å². The number of carbonyl (C=O) groups excluding carboxylic acids is 1. The highest BCUT2D eigenvalue weighted by atomic mass is 19.3. The summed E-state index contributed by atoms with van der Waals surface area (Å²) >= 11 is 0. The van der Waals surface area contributed by atoms with Gasteiger partial charge < -0.3 is 4.74 Å². The number of alkyl halides is 2. The SMILES string of the molecule is Cc1cc(C)cc(CC(=O)c2ccc(OC(F)F)cc2)c1. The number of hydrogen-bond donors (Lipinski definition) is 0. The van der Waals surface area contributed by atoms with E-state index in [1.807, 2.05) is 32.0 Å². The van der Waals surface area contributed by atoms with Gasteiger partial charge in [0, 0.05) is 12.0 Å². The second-order valence-electron chi connectivity index (χ2n) is 5.00. The molecule has 0 saturated heterocycles. The zero-order valence-electron chi connectivity index (χ0n) is 11.9. The monoisotopic (exact) mass is 290 g/mol. The van der Waals surface area contributed by atoms with E-state index in [2.05, 4.69) is 4.74 Å². The van der Waals surface area contributed by atoms with Crippen LogP contribution in [0.4, 0.5) is 8.78 Å². The minimum atomic E-state index is -2.86. The van der Waals surface area contributed by atoms with Gasteiger partial charge in [-0.25, -0.2) is 0 Å². The smallest absolute Gasteiger partial charge is 0.387 e. The van der Waals surface area contributed by atoms with Crippen LogP contribution >= 0.6 is 0 Å². The van der Waals surface area contributed by atoms with E-state index in [4.69, 9.17) is 0 Å². The minimum Gasteiger partial charge on any atom is -0.435 e. The number of aryl methyl sites for hydroxylation is 2. The molecule has 0 unspecified atom stereocenters. The molecule has 4 heteroatoms. The molecule has 0 heterocycles. The van der Waals surface area contributed by atoms with Gasteiger partial charge in [-0.05, 0) is 43.7 Å². The Labute approximate surface area is 122 Å². The summed E-state index contributed by atoms with van der Waals surface area (Å²) in [5.41, 5.74) is 3.65. The summed E-state index contributed by atoms with van der Waals surface area (Å²) in [5.74, 6) is -0.00320. The standard InChI is InChI=1S/C17H16F2O2/c1-11-7-12(2)9-13(8-11)10-16(20)14-3-5-15(6-4-14)21-17(18)19/h3-9,17H,10H2,1-2H3. The molecule has 2 nitrogen and oxygen atoms in total. The van der Waals surface area contributed by atoms with Gasteiger partial charge in [0.2, 0.25) is 0 Å². The maximum absolute atomic E-state index is 12.2. The van der Waals surface area contributed by atoms with Gasteiger partial charge in [0.05, 0.1) is 0 Å². The van der Waals surface area contributed by atoms with Gasteiger partial charge in [0.15, 0.2) is 5.78 Å². The molecule has 0 aliphatic carbocycles. The van der Waals surface area contributed by atoms with Crippen LogP contribution in [0.15, 0.2) is 42.5 Å². The Balaban J connectivity index is 2.09. The molecular weight excluding hydrogens is 274 g/mol. The number of rotatable bonds is 5. The van der Waals surface area contributed by atoms with Gasteiger partial charge in [-0.3, -0.25) is 4.79 Å². The van der Waals surface area contributed by atoms with Crippen LogP contribution < -0.4 is 4.74 Å². The Morgan fingerprint density at radius 1 is 1.05 bits per heavy atom. The van der Waals surface area contributed by atoms with Crippen molar-refractivity contribution in [1.82, 2.24) is 0 Å². The van der Waals surface area contributed by atoms with E-state index in [-0.39, 0.29) is 18.0 Å². The van der Waals surface area contributed by atoms with Gasteiger partial charge in [-0.1, -0.05) is 29.3 Å². The normalized spacial score (nSPS) is 10.7. The highest BCUT2D eigenvalue weighted by molar-refractivity contribution is 5.97. The van der Waals surface area contributed by atoms with Crippen molar-refractivity contribution in [2.45, 2.75) is 26.9 Å². The molecule has 0 fully saturated rings. The van der Waals surface area contributed by atoms with Crippen LogP contribution in [0.5, 0.6) is 5.75 Å². The van der Waals surface area contributed by atoms with E-state index in [0.29, 0.717) is 5.56 Å². The lowest BCUT2D eigenvalue weighted by Gasteiger charge is -2.07. The number of hydrogen-bond acceptors (Lipinski definition) is 2. The van der Waals surface area contributed by atoms with Crippen molar-refractivity contribution in [2.75, 3.05) is 0 Å². The molecule has 110 valence electrons. The van der Waals surface area contributed by atoms with Crippen molar-refractivity contribution >= 4 is 5.78 Å². The van der Waals surface area contributed by atoms with Crippen LogP contribution in [0.25, 0.3) is 0 Å². The van der Waals surface area contributed by atoms with Gasteiger partial charge >= 0.3 is 6.61 Å². The molecule has 0 spiro atoms. The first-order chi connectivity index (χ1) is 9.94. The first-order valence-corrected chi connectivity index (χ1v) is 6.59. The first-order valence-electron chi connectivity index (χ1n) is 6.59. The molecule has 2 rings (SSSR count). The topological polar surface area (TPSA) is 26.3 Å². The quantitative estimate of drug-likeness (QED) is 0.766. The predicted octanol–water partition coefficient (Wildman–Crippen LogP) is 4.33. The number of ketones is 1. The molecule has 0 saturated carbocycles. The lowest BCUT2D eigenvalue weighted by Crippen LogP contribution is -2.05. The third kappa shape index (κ3) is 4.38. The highest BCUT2D eigenvalue weighted by Gasteiger charge is 2.09. The van der Waals surface area contributed by atoms with Crippen molar-refractivity contribution in [3.05, 3.63) is 64.7 Å². The minimum absolute atomic E-state index is 0.0490. The summed E-state index contributed by atoms with van der Waals surface area (Å²) < 4.78 is 28.4. The van der Waals surface area contributed by atoms with Crippen LogP contribution in [0.3, 0.4) is 0 Å². The lowest BCUT2D eigenvalue weighted by atomic mass is 10.00. The van der Waals surface area contributed by atoms with Crippen molar-refractivity contribution < 1.29 is 18.3 Å². The fraction of sp³-hybridized carbons (Fsp3) is 0.235. The number of halogens is 2. The number of carbonyl (C=O) groups is 1. The van der Waals surface area contributed by atoms with Crippen molar-refractivity contribution in [3.63, 3.8) is 0 Å². The maximum Gasteiger partial charge on any atom is 0.387 e. The number of benzene rings is 2. The van der Waals surface area contributed by atoms with Crippen LogP contribution in [-0.2, 0) is 6.42 Å². The third-order valence-electron chi connectivity index (χ3n) is 3.05. The Bertz CT molecular complexity index is 613. The van der Waals surface area contributed by atoms with Gasteiger partial charge in [0.25, 0.3) is 0 Å². The molecule has 0 N–H and O–H groups in total. The molecule has 0 bridgehead atoms. The lowest BCUT2D eigenvalue weighted by molar-refractivity contribution is -0.0498. The molecule has 0 aliphatic rings. The first kappa shape index (κ1) is 15.2. The summed E-state index contributed by atoms with van der Waals surface area (Å²) in [6.07, 6.45) is 0.289. The van der Waals surface area contributed by atoms with Crippen LogP contribution in [0, 0.1) is 13.8 Å². The van der Waals surface area contributed by atoms with E-state index >= 15 is 0 Å². The van der Waals surface area contributed by atoms with E-state index in [0.717, 1.165) is 16.7 Å². The van der Waals surface area contributed by atoms with Crippen molar-refractivity contribution in [1.29, 1.82) is 0 Å². The van der Waals surface area contributed by atoms with Crippen LogP contribution in [0.2, 0.25) is 0 Å². The Kier molecular flexibility index (Phi) is 4.68. The molecule has 0 aliphatic heterocycles. The molecule has 0 amide bonds. The largest absolute Gasteiger partial charge is 0.435 e. The number of Topliss-reactive ketones (excluding diaryl/α,β-unsaturated/α-hetero) is 1. The fourth-order valence-corrected chi connectivity index (χ4v) is 2.28. The maximum atomic E-state index is 12.2. The molecule has 0 radical (unpaired) electrons. The van der Waals surface area contributed by atoms with Gasteiger partial charge in [0.1, 0.15) is 5.75 Å². The van der Waals surface area contributed by atoms with Crippen molar-refractivity contribution in [2.24, 2.45) is 0 Å². The average Bonchev–Trinajstić information content (AvgIpc) is 2.37. The Morgan fingerprint density at radius 3 is 2.14 bits per heavy atom. The molecule has 0 aromatic heterocycles.